The number of hydrogen-bond donors (Lipinski definition) is 3. The van der Waals surface area contributed by atoms with Crippen LogP contribution in [0.1, 0.15) is 30.9 Å². The Morgan fingerprint density at radius 3 is 2.52 bits per heavy atom. The molecular weight excluding hydrogens is 507 g/mol. The quantitative estimate of drug-likeness (QED) is 0.256. The van der Waals surface area contributed by atoms with E-state index in [-0.39, 0.29) is 29.9 Å². The maximum atomic E-state index is 11.4. The van der Waals surface area contributed by atoms with Crippen molar-refractivity contribution in [2.24, 2.45) is 10.9 Å². The molecule has 2 aromatic rings. The summed E-state index contributed by atoms with van der Waals surface area (Å²) in [5.74, 6) is 2.80. The molecule has 0 spiro atoms. The van der Waals surface area contributed by atoms with Crippen LogP contribution in [0.4, 0.5) is 5.69 Å². The molecule has 0 atom stereocenters. The third-order valence-electron chi connectivity index (χ3n) is 4.85. The molecule has 1 amide bonds. The van der Waals surface area contributed by atoms with Crippen molar-refractivity contribution in [1.29, 1.82) is 0 Å². The second-order valence-corrected chi connectivity index (χ2v) is 7.36. The molecule has 1 saturated carbocycles. The first-order valence-electron chi connectivity index (χ1n) is 10.2. The summed E-state index contributed by atoms with van der Waals surface area (Å²) in [4.78, 5) is 15.7. The number of para-hydroxylation sites is 1. The molecule has 1 aliphatic rings. The van der Waals surface area contributed by atoms with Gasteiger partial charge in [-0.15, -0.1) is 24.0 Å². The van der Waals surface area contributed by atoms with E-state index in [1.807, 2.05) is 36.4 Å². The minimum Gasteiger partial charge on any atom is -0.495 e. The van der Waals surface area contributed by atoms with E-state index in [2.05, 4.69) is 27.0 Å². The molecule has 31 heavy (non-hydrogen) atoms. The zero-order chi connectivity index (χ0) is 21.3. The van der Waals surface area contributed by atoms with Gasteiger partial charge in [-0.1, -0.05) is 24.3 Å². The number of ether oxygens (including phenoxy) is 2. The van der Waals surface area contributed by atoms with Gasteiger partial charge in [-0.25, -0.2) is 0 Å². The molecule has 0 aliphatic heterocycles. The Balaban J connectivity index is 0.00000341. The lowest BCUT2D eigenvalue weighted by molar-refractivity contribution is -0.114. The summed E-state index contributed by atoms with van der Waals surface area (Å²) < 4.78 is 11.3. The number of amides is 1. The van der Waals surface area contributed by atoms with Crippen LogP contribution >= 0.6 is 24.0 Å². The number of guanidine groups is 1. The van der Waals surface area contributed by atoms with E-state index >= 15 is 0 Å². The lowest BCUT2D eigenvalue weighted by Gasteiger charge is -2.16. The second kappa shape index (κ2) is 12.4. The van der Waals surface area contributed by atoms with Crippen molar-refractivity contribution >= 4 is 41.5 Å². The topological polar surface area (TPSA) is 84.0 Å². The van der Waals surface area contributed by atoms with Gasteiger partial charge in [0, 0.05) is 32.6 Å². The minimum absolute atomic E-state index is 0. The zero-order valence-electron chi connectivity index (χ0n) is 18.2. The Morgan fingerprint density at radius 1 is 1.10 bits per heavy atom. The van der Waals surface area contributed by atoms with E-state index in [4.69, 9.17) is 9.47 Å². The fraction of sp³-hybridized carbons (Fsp3) is 0.391. The predicted molar refractivity (Wildman–Crippen MR) is 134 cm³/mol. The summed E-state index contributed by atoms with van der Waals surface area (Å²) in [7, 11) is 3.32. The summed E-state index contributed by atoms with van der Waals surface area (Å²) in [6.07, 6.45) is 2.54. The number of hydrogen-bond acceptors (Lipinski definition) is 4. The standard InChI is InChI=1S/C23H30N4O3.HI/c1-16(28)27-20-12-18(10-11-22(20)29-3)13-25-23(24-2)26-14-19-6-4-5-7-21(19)30-15-17-8-9-17;/h4-7,10-12,17H,8-9,13-15H2,1-3H3,(H,27,28)(H2,24,25,26);1H. The third kappa shape index (κ3) is 7.93. The fourth-order valence-corrected chi connectivity index (χ4v) is 3.02. The van der Waals surface area contributed by atoms with E-state index in [1.54, 1.807) is 14.2 Å². The van der Waals surface area contributed by atoms with Gasteiger partial charge in [-0.3, -0.25) is 9.79 Å². The zero-order valence-corrected chi connectivity index (χ0v) is 20.6. The van der Waals surface area contributed by atoms with Crippen molar-refractivity contribution in [1.82, 2.24) is 10.6 Å². The van der Waals surface area contributed by atoms with Crippen LogP contribution in [0.2, 0.25) is 0 Å². The lowest BCUT2D eigenvalue weighted by Crippen LogP contribution is -2.36. The summed E-state index contributed by atoms with van der Waals surface area (Å²) in [6.45, 7) is 3.43. The molecule has 0 bridgehead atoms. The Bertz CT molecular complexity index is 900. The van der Waals surface area contributed by atoms with Crippen LogP contribution in [0, 0.1) is 5.92 Å². The molecule has 168 valence electrons. The van der Waals surface area contributed by atoms with Crippen molar-refractivity contribution in [3.8, 4) is 11.5 Å². The maximum Gasteiger partial charge on any atom is 0.221 e. The number of nitrogens with one attached hydrogen (secondary N) is 3. The molecule has 8 heteroatoms. The summed E-state index contributed by atoms with van der Waals surface area (Å²) in [5.41, 5.74) is 2.74. The Kier molecular flexibility index (Phi) is 9.90. The molecule has 0 radical (unpaired) electrons. The van der Waals surface area contributed by atoms with Gasteiger partial charge in [-0.2, -0.15) is 0 Å². The van der Waals surface area contributed by atoms with Crippen LogP contribution in [-0.2, 0) is 17.9 Å². The van der Waals surface area contributed by atoms with E-state index in [9.17, 15) is 4.79 Å². The molecular formula is C23H31IN4O3. The van der Waals surface area contributed by atoms with Crippen LogP contribution < -0.4 is 25.4 Å². The van der Waals surface area contributed by atoms with Crippen LogP contribution in [0.15, 0.2) is 47.5 Å². The van der Waals surface area contributed by atoms with Crippen molar-refractivity contribution in [3.63, 3.8) is 0 Å². The van der Waals surface area contributed by atoms with Gasteiger partial charge in [0.15, 0.2) is 5.96 Å². The van der Waals surface area contributed by atoms with E-state index in [0.29, 0.717) is 36.4 Å². The third-order valence-corrected chi connectivity index (χ3v) is 4.85. The van der Waals surface area contributed by atoms with Gasteiger partial charge in [-0.05, 0) is 42.5 Å². The van der Waals surface area contributed by atoms with Gasteiger partial charge in [0.1, 0.15) is 11.5 Å². The molecule has 3 N–H and O–H groups in total. The van der Waals surface area contributed by atoms with Gasteiger partial charge in [0.05, 0.1) is 19.4 Å². The first-order chi connectivity index (χ1) is 14.6. The van der Waals surface area contributed by atoms with Crippen molar-refractivity contribution in [3.05, 3.63) is 53.6 Å². The first-order valence-corrected chi connectivity index (χ1v) is 10.2. The van der Waals surface area contributed by atoms with Gasteiger partial charge < -0.3 is 25.4 Å². The van der Waals surface area contributed by atoms with Crippen molar-refractivity contribution in [2.45, 2.75) is 32.9 Å². The molecule has 7 nitrogen and oxygen atoms in total. The number of anilines is 1. The minimum atomic E-state index is -0.140. The average Bonchev–Trinajstić information content (AvgIpc) is 3.57. The second-order valence-electron chi connectivity index (χ2n) is 7.36. The number of rotatable bonds is 9. The lowest BCUT2D eigenvalue weighted by atomic mass is 10.2. The summed E-state index contributed by atoms with van der Waals surface area (Å²) >= 11 is 0. The molecule has 0 saturated heterocycles. The highest BCUT2D eigenvalue weighted by Gasteiger charge is 2.22. The molecule has 0 heterocycles. The maximum absolute atomic E-state index is 11.4. The van der Waals surface area contributed by atoms with E-state index in [0.717, 1.165) is 23.5 Å². The molecule has 1 fully saturated rings. The first kappa shape index (κ1) is 24.8. The normalized spacial score (nSPS) is 13.1. The smallest absolute Gasteiger partial charge is 0.221 e. The number of halogens is 1. The summed E-state index contributed by atoms with van der Waals surface area (Å²) in [5, 5.41) is 9.42. The molecule has 0 unspecified atom stereocenters. The fourth-order valence-electron chi connectivity index (χ4n) is 3.02. The molecule has 2 aromatic carbocycles. The number of nitrogens with zero attached hydrogens (tertiary/aromatic N) is 1. The predicted octanol–water partition coefficient (Wildman–Crippen LogP) is 3.93. The number of carbonyl (C=O) groups excluding carboxylic acids is 1. The van der Waals surface area contributed by atoms with Crippen molar-refractivity contribution in [2.75, 3.05) is 26.1 Å². The largest absolute Gasteiger partial charge is 0.495 e. The van der Waals surface area contributed by atoms with E-state index in [1.165, 1.54) is 19.8 Å². The van der Waals surface area contributed by atoms with Crippen LogP contribution in [0.5, 0.6) is 11.5 Å². The van der Waals surface area contributed by atoms with Crippen molar-refractivity contribution < 1.29 is 14.3 Å². The SMILES string of the molecule is CN=C(NCc1ccc(OC)c(NC(C)=O)c1)NCc1ccccc1OCC1CC1.I. The number of benzene rings is 2. The average molecular weight is 538 g/mol. The monoisotopic (exact) mass is 538 g/mol. The number of aliphatic imine (C=N–C) groups is 1. The summed E-state index contributed by atoms with van der Waals surface area (Å²) in [6, 6.07) is 13.8. The van der Waals surface area contributed by atoms with Gasteiger partial charge in [0.2, 0.25) is 5.91 Å². The highest BCUT2D eigenvalue weighted by Crippen LogP contribution is 2.30. The molecule has 1 aliphatic carbocycles. The van der Waals surface area contributed by atoms with Crippen LogP contribution in [-0.4, -0.2) is 32.6 Å². The van der Waals surface area contributed by atoms with E-state index < -0.39 is 0 Å². The number of carbonyl (C=O) groups is 1. The van der Waals surface area contributed by atoms with Crippen LogP contribution in [0.3, 0.4) is 0 Å². The molecule has 3 rings (SSSR count). The van der Waals surface area contributed by atoms with Crippen LogP contribution in [0.25, 0.3) is 0 Å². The highest BCUT2D eigenvalue weighted by molar-refractivity contribution is 14.0. The highest BCUT2D eigenvalue weighted by atomic mass is 127. The number of methoxy groups -OCH3 is 1. The molecule has 0 aromatic heterocycles. The van der Waals surface area contributed by atoms with Gasteiger partial charge >= 0.3 is 0 Å². The Hall–Kier alpha value is -2.49. The Morgan fingerprint density at radius 2 is 1.84 bits per heavy atom. The Labute approximate surface area is 201 Å². The van der Waals surface area contributed by atoms with Gasteiger partial charge in [0.25, 0.3) is 0 Å².